The first-order valence-electron chi connectivity index (χ1n) is 21.1. The Balaban J connectivity index is 4.05. The lowest BCUT2D eigenvalue weighted by Crippen LogP contribution is -2.37. The van der Waals surface area contributed by atoms with Gasteiger partial charge in [-0.05, 0) is 44.9 Å². The van der Waals surface area contributed by atoms with Gasteiger partial charge in [0.2, 0.25) is 0 Å². The molecular weight excluding hydrogens is 661 g/mol. The van der Waals surface area contributed by atoms with Crippen molar-refractivity contribution < 1.29 is 37.3 Å². The third-order valence-electron chi connectivity index (χ3n) is 9.02. The summed E-state index contributed by atoms with van der Waals surface area (Å²) in [6, 6.07) is 0. The minimum absolute atomic E-state index is 0.0894. The van der Waals surface area contributed by atoms with E-state index < -0.39 is 13.9 Å². The molecular formula is C42H83NO7P+. The maximum Gasteiger partial charge on any atom is 0.472 e. The SMILES string of the molecule is CCCCCCC/C=C\C/C=C\CCCCCCCCCCCCOCC(COP(=O)(O)OCC[N+](C)(C)C)OC(=O)CCCCCCCCC. The second-order valence-corrected chi connectivity index (χ2v) is 16.8. The van der Waals surface area contributed by atoms with E-state index in [1.165, 1.54) is 122 Å². The number of unbranched alkanes of at least 4 members (excludes halogenated alkanes) is 21. The molecule has 0 aliphatic rings. The molecule has 302 valence electrons. The van der Waals surface area contributed by atoms with Crippen molar-refractivity contribution in [3.8, 4) is 0 Å². The van der Waals surface area contributed by atoms with Crippen LogP contribution >= 0.6 is 7.82 Å². The van der Waals surface area contributed by atoms with Crippen LogP contribution in [0.25, 0.3) is 0 Å². The van der Waals surface area contributed by atoms with Crippen LogP contribution in [-0.2, 0) is 27.9 Å². The maximum absolute atomic E-state index is 12.5. The van der Waals surface area contributed by atoms with E-state index in [0.29, 0.717) is 24.1 Å². The standard InChI is InChI=1S/C42H82NO7P/c1-6-8-10-12-14-15-16-17-18-19-20-21-22-23-24-25-26-27-28-30-32-34-37-47-39-41(40-49-51(45,46)48-38-36-43(3,4)5)50-42(44)35-33-31-29-13-11-9-7-2/h16-17,19-20,41H,6-15,18,21-40H2,1-5H3/p+1/b17-16-,20-19-. The molecule has 0 saturated carbocycles. The minimum Gasteiger partial charge on any atom is -0.457 e. The number of carbonyl (C=O) groups is 1. The molecule has 0 radical (unpaired) electrons. The zero-order valence-electron chi connectivity index (χ0n) is 34.1. The zero-order chi connectivity index (χ0) is 37.7. The summed E-state index contributed by atoms with van der Waals surface area (Å²) in [5.74, 6) is -0.321. The quantitative estimate of drug-likeness (QED) is 0.0220. The van der Waals surface area contributed by atoms with Gasteiger partial charge in [0.25, 0.3) is 0 Å². The van der Waals surface area contributed by atoms with Crippen molar-refractivity contribution in [1.29, 1.82) is 0 Å². The number of likely N-dealkylation sites (N-methyl/N-ethyl adjacent to an activating group) is 1. The van der Waals surface area contributed by atoms with Gasteiger partial charge in [0.05, 0.1) is 34.4 Å². The Morgan fingerprint density at radius 1 is 0.608 bits per heavy atom. The van der Waals surface area contributed by atoms with E-state index in [1.54, 1.807) is 0 Å². The second-order valence-electron chi connectivity index (χ2n) is 15.4. The number of ether oxygens (including phenoxy) is 2. The lowest BCUT2D eigenvalue weighted by atomic mass is 10.1. The first-order chi connectivity index (χ1) is 24.6. The predicted molar refractivity (Wildman–Crippen MR) is 215 cm³/mol. The van der Waals surface area contributed by atoms with Crippen LogP contribution < -0.4 is 0 Å². The van der Waals surface area contributed by atoms with Crippen LogP contribution in [0.1, 0.15) is 181 Å². The number of carbonyl (C=O) groups excluding carboxylic acids is 1. The molecule has 1 N–H and O–H groups in total. The summed E-state index contributed by atoms with van der Waals surface area (Å²) < 4.78 is 34.8. The van der Waals surface area contributed by atoms with Gasteiger partial charge in [0.1, 0.15) is 19.3 Å². The Labute approximate surface area is 315 Å². The van der Waals surface area contributed by atoms with Crippen LogP contribution in [0.15, 0.2) is 24.3 Å². The minimum atomic E-state index is -4.26. The highest BCUT2D eigenvalue weighted by molar-refractivity contribution is 7.47. The van der Waals surface area contributed by atoms with Crippen LogP contribution in [0.5, 0.6) is 0 Å². The highest BCUT2D eigenvalue weighted by Gasteiger charge is 2.26. The summed E-state index contributed by atoms with van der Waals surface area (Å²) in [6.07, 6.45) is 39.4. The van der Waals surface area contributed by atoms with Gasteiger partial charge in [-0.1, -0.05) is 154 Å². The van der Waals surface area contributed by atoms with Gasteiger partial charge in [0.15, 0.2) is 0 Å². The van der Waals surface area contributed by atoms with Crippen LogP contribution in [0.3, 0.4) is 0 Å². The third kappa shape index (κ3) is 40.0. The van der Waals surface area contributed by atoms with E-state index in [1.807, 2.05) is 21.1 Å². The number of rotatable bonds is 39. The summed E-state index contributed by atoms with van der Waals surface area (Å²) in [7, 11) is 1.67. The molecule has 0 spiro atoms. The molecule has 0 aromatic rings. The van der Waals surface area contributed by atoms with Gasteiger partial charge in [-0.25, -0.2) is 4.57 Å². The average molecular weight is 745 g/mol. The fraction of sp³-hybridized carbons (Fsp3) is 0.881. The summed E-state index contributed by atoms with van der Waals surface area (Å²) in [4.78, 5) is 22.7. The number of esters is 1. The van der Waals surface area contributed by atoms with Crippen LogP contribution in [0, 0.1) is 0 Å². The highest BCUT2D eigenvalue weighted by Crippen LogP contribution is 2.43. The highest BCUT2D eigenvalue weighted by atomic mass is 31.2. The van der Waals surface area contributed by atoms with Gasteiger partial charge >= 0.3 is 13.8 Å². The van der Waals surface area contributed by atoms with Crippen molar-refractivity contribution >= 4 is 13.8 Å². The topological polar surface area (TPSA) is 91.3 Å². The molecule has 0 heterocycles. The second kappa shape index (κ2) is 36.0. The Bertz CT molecular complexity index is 874. The van der Waals surface area contributed by atoms with E-state index in [-0.39, 0.29) is 25.8 Å². The van der Waals surface area contributed by atoms with Crippen molar-refractivity contribution in [3.63, 3.8) is 0 Å². The van der Waals surface area contributed by atoms with Crippen LogP contribution in [0.4, 0.5) is 0 Å². The van der Waals surface area contributed by atoms with E-state index in [2.05, 4.69) is 38.2 Å². The number of nitrogens with zero attached hydrogens (tertiary/aromatic N) is 1. The summed E-state index contributed by atoms with van der Waals surface area (Å²) in [5, 5.41) is 0. The molecule has 0 aliphatic carbocycles. The molecule has 0 aromatic carbocycles. The molecule has 0 aliphatic heterocycles. The molecule has 0 aromatic heterocycles. The summed E-state index contributed by atoms with van der Waals surface area (Å²) >= 11 is 0. The van der Waals surface area contributed by atoms with Crippen molar-refractivity contribution in [2.75, 3.05) is 54.1 Å². The first kappa shape index (κ1) is 50.0. The molecule has 51 heavy (non-hydrogen) atoms. The predicted octanol–water partition coefficient (Wildman–Crippen LogP) is 12.0. The number of allylic oxidation sites excluding steroid dienone is 4. The number of quaternary nitrogens is 1. The molecule has 9 heteroatoms. The molecule has 2 atom stereocenters. The molecule has 8 nitrogen and oxygen atoms in total. The fourth-order valence-electron chi connectivity index (χ4n) is 5.70. The van der Waals surface area contributed by atoms with E-state index in [0.717, 1.165) is 38.5 Å². The monoisotopic (exact) mass is 745 g/mol. The Morgan fingerprint density at radius 3 is 1.59 bits per heavy atom. The van der Waals surface area contributed by atoms with E-state index in [4.69, 9.17) is 18.5 Å². The van der Waals surface area contributed by atoms with Crippen LogP contribution in [0.2, 0.25) is 0 Å². The fourth-order valence-corrected chi connectivity index (χ4v) is 6.44. The van der Waals surface area contributed by atoms with Crippen molar-refractivity contribution in [2.45, 2.75) is 187 Å². The Kier molecular flexibility index (Phi) is 35.3. The molecule has 0 fully saturated rings. The van der Waals surface area contributed by atoms with Gasteiger partial charge in [-0.2, -0.15) is 0 Å². The Morgan fingerprint density at radius 2 is 1.08 bits per heavy atom. The molecule has 2 unspecified atom stereocenters. The summed E-state index contributed by atoms with van der Waals surface area (Å²) in [6.45, 7) is 5.57. The lowest BCUT2D eigenvalue weighted by molar-refractivity contribution is -0.870. The zero-order valence-corrected chi connectivity index (χ0v) is 35.0. The number of phosphoric ester groups is 1. The number of hydrogen-bond acceptors (Lipinski definition) is 6. The number of hydrogen-bond donors (Lipinski definition) is 1. The van der Waals surface area contributed by atoms with Gasteiger partial charge < -0.3 is 18.9 Å². The van der Waals surface area contributed by atoms with Crippen LogP contribution in [-0.4, -0.2) is 75.6 Å². The average Bonchev–Trinajstić information content (AvgIpc) is 3.08. The van der Waals surface area contributed by atoms with E-state index in [9.17, 15) is 14.3 Å². The van der Waals surface area contributed by atoms with E-state index >= 15 is 0 Å². The number of phosphoric acid groups is 1. The summed E-state index contributed by atoms with van der Waals surface area (Å²) in [5.41, 5.74) is 0. The van der Waals surface area contributed by atoms with Crippen molar-refractivity contribution in [2.24, 2.45) is 0 Å². The smallest absolute Gasteiger partial charge is 0.457 e. The first-order valence-corrected chi connectivity index (χ1v) is 22.6. The largest absolute Gasteiger partial charge is 0.472 e. The van der Waals surface area contributed by atoms with Gasteiger partial charge in [-0.3, -0.25) is 13.8 Å². The van der Waals surface area contributed by atoms with Crippen molar-refractivity contribution in [1.82, 2.24) is 0 Å². The molecule has 0 bridgehead atoms. The van der Waals surface area contributed by atoms with Gasteiger partial charge in [-0.15, -0.1) is 0 Å². The molecule has 0 saturated heterocycles. The normalized spacial score (nSPS) is 14.1. The van der Waals surface area contributed by atoms with Gasteiger partial charge in [0, 0.05) is 13.0 Å². The maximum atomic E-state index is 12.5. The molecule has 0 rings (SSSR count). The lowest BCUT2D eigenvalue weighted by Gasteiger charge is -2.24. The Hall–Kier alpha value is -1.02. The molecule has 0 amide bonds. The van der Waals surface area contributed by atoms with Crippen molar-refractivity contribution in [3.05, 3.63) is 24.3 Å². The third-order valence-corrected chi connectivity index (χ3v) is 10.00.